The highest BCUT2D eigenvalue weighted by molar-refractivity contribution is 5.88. The molecule has 0 saturated carbocycles. The van der Waals surface area contributed by atoms with Gasteiger partial charge < -0.3 is 19.9 Å². The lowest BCUT2D eigenvalue weighted by molar-refractivity contribution is -0.133. The molecule has 1 saturated heterocycles. The highest BCUT2D eigenvalue weighted by Crippen LogP contribution is 2.42. The number of aryl methyl sites for hydroxylation is 1. The van der Waals surface area contributed by atoms with Gasteiger partial charge in [-0.15, -0.1) is 0 Å². The molecule has 1 amide bonds. The van der Waals surface area contributed by atoms with Crippen LogP contribution in [0.15, 0.2) is 18.2 Å². The van der Waals surface area contributed by atoms with E-state index in [1.165, 1.54) is 41.3 Å². The van der Waals surface area contributed by atoms with Crippen molar-refractivity contribution >= 4 is 16.8 Å². The fourth-order valence-electron chi connectivity index (χ4n) is 5.10. The first-order chi connectivity index (χ1) is 14.2. The van der Waals surface area contributed by atoms with E-state index in [1.807, 2.05) is 0 Å². The number of likely N-dealkylation sites (tertiary alicyclic amines) is 1. The standard InChI is InChI=1S/C24H35N3O2/c1-3-18-9-8-10-19-20-11-16-29-24(4-2,23(20)26-22(18)19)17-21(28)25-12-15-27-13-6-5-7-14-27/h8-10,26H,3-7,11-17H2,1-2H3,(H,25,28). The van der Waals surface area contributed by atoms with E-state index in [0.29, 0.717) is 13.0 Å². The lowest BCUT2D eigenvalue weighted by Crippen LogP contribution is -2.42. The number of benzene rings is 1. The van der Waals surface area contributed by atoms with E-state index >= 15 is 0 Å². The molecule has 2 aliphatic heterocycles. The minimum Gasteiger partial charge on any atom is -0.368 e. The van der Waals surface area contributed by atoms with Gasteiger partial charge in [0.1, 0.15) is 5.60 Å². The molecule has 1 atom stereocenters. The van der Waals surface area contributed by atoms with Gasteiger partial charge in [0.15, 0.2) is 0 Å². The van der Waals surface area contributed by atoms with Crippen molar-refractivity contribution in [2.75, 3.05) is 32.8 Å². The second-order valence-electron chi connectivity index (χ2n) is 8.55. The number of hydrogen-bond donors (Lipinski definition) is 2. The summed E-state index contributed by atoms with van der Waals surface area (Å²) >= 11 is 0. The Morgan fingerprint density at radius 3 is 2.83 bits per heavy atom. The third kappa shape index (κ3) is 4.08. The molecular weight excluding hydrogens is 362 g/mol. The van der Waals surface area contributed by atoms with Crippen LogP contribution in [-0.4, -0.2) is 48.6 Å². The number of carbonyl (C=O) groups excluding carboxylic acids is 1. The normalized spacial score (nSPS) is 22.6. The summed E-state index contributed by atoms with van der Waals surface area (Å²) < 4.78 is 6.31. The first-order valence-electron chi connectivity index (χ1n) is 11.4. The van der Waals surface area contributed by atoms with Gasteiger partial charge in [0, 0.05) is 24.0 Å². The van der Waals surface area contributed by atoms with Crippen LogP contribution in [0, 0.1) is 0 Å². The molecule has 2 aliphatic rings. The predicted molar refractivity (Wildman–Crippen MR) is 117 cm³/mol. The van der Waals surface area contributed by atoms with Crippen molar-refractivity contribution in [2.45, 2.75) is 64.4 Å². The van der Waals surface area contributed by atoms with Crippen LogP contribution in [0.25, 0.3) is 10.9 Å². The number of hydrogen-bond acceptors (Lipinski definition) is 3. The molecule has 2 N–H and O–H groups in total. The summed E-state index contributed by atoms with van der Waals surface area (Å²) in [6, 6.07) is 6.53. The van der Waals surface area contributed by atoms with E-state index in [9.17, 15) is 4.79 Å². The van der Waals surface area contributed by atoms with Crippen molar-refractivity contribution in [3.05, 3.63) is 35.0 Å². The van der Waals surface area contributed by atoms with Crippen molar-refractivity contribution in [2.24, 2.45) is 0 Å². The Morgan fingerprint density at radius 1 is 1.24 bits per heavy atom. The van der Waals surface area contributed by atoms with Gasteiger partial charge in [-0.3, -0.25) is 4.79 Å². The molecule has 0 bridgehead atoms. The van der Waals surface area contributed by atoms with Gasteiger partial charge in [0.25, 0.3) is 0 Å². The Bertz CT molecular complexity index is 853. The number of nitrogens with zero attached hydrogens (tertiary/aromatic N) is 1. The van der Waals surface area contributed by atoms with Crippen LogP contribution < -0.4 is 5.32 Å². The Morgan fingerprint density at radius 2 is 2.07 bits per heavy atom. The molecule has 4 rings (SSSR count). The van der Waals surface area contributed by atoms with Crippen LogP contribution in [0.5, 0.6) is 0 Å². The summed E-state index contributed by atoms with van der Waals surface area (Å²) in [5.41, 5.74) is 4.45. The number of piperidine rings is 1. The maximum Gasteiger partial charge on any atom is 0.223 e. The van der Waals surface area contributed by atoms with Crippen LogP contribution in [0.3, 0.4) is 0 Å². The van der Waals surface area contributed by atoms with E-state index in [1.54, 1.807) is 0 Å². The summed E-state index contributed by atoms with van der Waals surface area (Å²) in [5, 5.41) is 4.45. The van der Waals surface area contributed by atoms with Gasteiger partial charge in [0.05, 0.1) is 18.7 Å². The van der Waals surface area contributed by atoms with Gasteiger partial charge >= 0.3 is 0 Å². The molecule has 5 heteroatoms. The summed E-state index contributed by atoms with van der Waals surface area (Å²) in [6.45, 7) is 8.98. The van der Waals surface area contributed by atoms with E-state index in [0.717, 1.165) is 51.1 Å². The summed E-state index contributed by atoms with van der Waals surface area (Å²) in [5.74, 6) is 0.0890. The fourth-order valence-corrected chi connectivity index (χ4v) is 5.10. The number of para-hydroxylation sites is 1. The quantitative estimate of drug-likeness (QED) is 0.745. The fraction of sp³-hybridized carbons (Fsp3) is 0.625. The molecular formula is C24H35N3O2. The summed E-state index contributed by atoms with van der Waals surface area (Å²) in [6.07, 6.45) is 6.96. The number of amides is 1. The second kappa shape index (κ2) is 8.88. The Hall–Kier alpha value is -1.85. The molecule has 3 heterocycles. The topological polar surface area (TPSA) is 57.4 Å². The zero-order valence-corrected chi connectivity index (χ0v) is 18.0. The first-order valence-corrected chi connectivity index (χ1v) is 11.4. The minimum absolute atomic E-state index is 0.0890. The highest BCUT2D eigenvalue weighted by atomic mass is 16.5. The third-order valence-corrected chi connectivity index (χ3v) is 6.81. The van der Waals surface area contributed by atoms with E-state index in [2.05, 4.69) is 47.2 Å². The number of H-pyrrole nitrogens is 1. The molecule has 29 heavy (non-hydrogen) atoms. The van der Waals surface area contributed by atoms with Crippen molar-refractivity contribution in [3.8, 4) is 0 Å². The van der Waals surface area contributed by atoms with Gasteiger partial charge in [-0.25, -0.2) is 0 Å². The lowest BCUT2D eigenvalue weighted by Gasteiger charge is -2.36. The molecule has 1 aromatic carbocycles. The maximum atomic E-state index is 12.8. The highest BCUT2D eigenvalue weighted by Gasteiger charge is 2.40. The van der Waals surface area contributed by atoms with Crippen molar-refractivity contribution in [3.63, 3.8) is 0 Å². The maximum absolute atomic E-state index is 12.8. The van der Waals surface area contributed by atoms with Crippen LogP contribution >= 0.6 is 0 Å². The Kier molecular flexibility index (Phi) is 6.26. The monoisotopic (exact) mass is 397 g/mol. The van der Waals surface area contributed by atoms with Crippen LogP contribution in [0.2, 0.25) is 0 Å². The SMILES string of the molecule is CCc1cccc2c3c([nH]c12)C(CC)(CC(=O)NCCN1CCCCC1)OCC3. The van der Waals surface area contributed by atoms with Crippen molar-refractivity contribution in [1.82, 2.24) is 15.2 Å². The zero-order valence-electron chi connectivity index (χ0n) is 18.0. The summed E-state index contributed by atoms with van der Waals surface area (Å²) in [7, 11) is 0. The smallest absolute Gasteiger partial charge is 0.223 e. The van der Waals surface area contributed by atoms with E-state index < -0.39 is 5.60 Å². The molecule has 0 aliphatic carbocycles. The van der Waals surface area contributed by atoms with Crippen LogP contribution in [-0.2, 0) is 28.0 Å². The zero-order chi connectivity index (χ0) is 20.3. The number of carbonyl (C=O) groups is 1. The van der Waals surface area contributed by atoms with Crippen molar-refractivity contribution < 1.29 is 9.53 Å². The van der Waals surface area contributed by atoms with Gasteiger partial charge in [-0.1, -0.05) is 38.5 Å². The average Bonchev–Trinajstić information content (AvgIpc) is 3.15. The minimum atomic E-state index is -0.549. The van der Waals surface area contributed by atoms with E-state index in [4.69, 9.17) is 4.74 Å². The number of aromatic amines is 1. The number of fused-ring (bicyclic) bond motifs is 3. The number of aromatic nitrogens is 1. The van der Waals surface area contributed by atoms with E-state index in [-0.39, 0.29) is 5.91 Å². The van der Waals surface area contributed by atoms with Crippen LogP contribution in [0.1, 0.15) is 62.8 Å². The lowest BCUT2D eigenvalue weighted by atomic mass is 9.86. The Balaban J connectivity index is 1.49. The average molecular weight is 398 g/mol. The second-order valence-corrected chi connectivity index (χ2v) is 8.55. The van der Waals surface area contributed by atoms with Crippen LogP contribution in [0.4, 0.5) is 0 Å². The van der Waals surface area contributed by atoms with Crippen molar-refractivity contribution in [1.29, 1.82) is 0 Å². The first kappa shape index (κ1) is 20.4. The predicted octanol–water partition coefficient (Wildman–Crippen LogP) is 3.90. The molecule has 1 aromatic heterocycles. The number of rotatable bonds is 7. The third-order valence-electron chi connectivity index (χ3n) is 6.81. The number of nitrogens with one attached hydrogen (secondary N) is 2. The molecule has 1 fully saturated rings. The van der Waals surface area contributed by atoms with Gasteiger partial charge in [-0.2, -0.15) is 0 Å². The number of ether oxygens (including phenoxy) is 1. The molecule has 0 radical (unpaired) electrons. The van der Waals surface area contributed by atoms with Gasteiger partial charge in [-0.05, 0) is 56.3 Å². The molecule has 0 spiro atoms. The van der Waals surface area contributed by atoms with Gasteiger partial charge in [0.2, 0.25) is 5.91 Å². The molecule has 1 unspecified atom stereocenters. The summed E-state index contributed by atoms with van der Waals surface area (Å²) in [4.78, 5) is 19.0. The molecule has 158 valence electrons. The molecule has 5 nitrogen and oxygen atoms in total. The largest absolute Gasteiger partial charge is 0.368 e. The Labute approximate surface area is 174 Å². The molecule has 2 aromatic rings.